The van der Waals surface area contributed by atoms with E-state index in [4.69, 9.17) is 0 Å². The zero-order valence-corrected chi connectivity index (χ0v) is 16.7. The molecular formula is C20H20F4N6O2. The third-order valence-corrected chi connectivity index (χ3v) is 5.79. The fourth-order valence-electron chi connectivity index (χ4n) is 4.01. The summed E-state index contributed by atoms with van der Waals surface area (Å²) < 4.78 is 54.9. The molecule has 32 heavy (non-hydrogen) atoms. The summed E-state index contributed by atoms with van der Waals surface area (Å²) in [6, 6.07) is 4.65. The van der Waals surface area contributed by atoms with E-state index in [9.17, 15) is 27.8 Å². The Bertz CT molecular complexity index is 1140. The molecule has 1 saturated heterocycles. The number of aromatic nitrogens is 4. The summed E-state index contributed by atoms with van der Waals surface area (Å²) in [5.41, 5.74) is -0.416. The first-order valence-electron chi connectivity index (χ1n) is 10.1. The molecule has 0 amide bonds. The Morgan fingerprint density at radius 2 is 1.88 bits per heavy atom. The van der Waals surface area contributed by atoms with Gasteiger partial charge >= 0.3 is 6.18 Å². The Balaban J connectivity index is 1.60. The SMILES string of the molecule is O[C@@H]1CN(c2nc(N[C@H]3C[C@@H](O)C3)nc3c2cnn3-c2cccc(C(F)(F)F)c2)C[C@H]1F. The van der Waals surface area contributed by atoms with Crippen molar-refractivity contribution in [1.82, 2.24) is 19.7 Å². The molecule has 2 aromatic heterocycles. The highest BCUT2D eigenvalue weighted by Crippen LogP contribution is 2.33. The molecule has 2 atom stereocenters. The van der Waals surface area contributed by atoms with E-state index < -0.39 is 30.1 Å². The second-order valence-electron chi connectivity index (χ2n) is 8.17. The molecular weight excluding hydrogens is 432 g/mol. The normalized spacial score (nSPS) is 25.9. The lowest BCUT2D eigenvalue weighted by Gasteiger charge is -2.32. The number of fused-ring (bicyclic) bond motifs is 1. The Kier molecular flexibility index (Phi) is 4.93. The first-order chi connectivity index (χ1) is 15.2. The van der Waals surface area contributed by atoms with E-state index in [-0.39, 0.29) is 36.4 Å². The molecule has 8 nitrogen and oxygen atoms in total. The molecule has 5 rings (SSSR count). The van der Waals surface area contributed by atoms with Gasteiger partial charge in [-0.1, -0.05) is 6.07 Å². The molecule has 3 aromatic rings. The summed E-state index contributed by atoms with van der Waals surface area (Å²) in [6.07, 6.45) is -5.10. The van der Waals surface area contributed by atoms with Crippen molar-refractivity contribution in [2.45, 2.75) is 43.4 Å². The number of hydrogen-bond acceptors (Lipinski definition) is 7. The van der Waals surface area contributed by atoms with E-state index in [2.05, 4.69) is 20.4 Å². The van der Waals surface area contributed by atoms with Gasteiger partial charge in [0.25, 0.3) is 0 Å². The van der Waals surface area contributed by atoms with E-state index in [0.29, 0.717) is 24.0 Å². The number of rotatable bonds is 4. The van der Waals surface area contributed by atoms with Gasteiger partial charge in [0.15, 0.2) is 5.65 Å². The van der Waals surface area contributed by atoms with Crippen molar-refractivity contribution in [2.24, 2.45) is 0 Å². The van der Waals surface area contributed by atoms with Crippen molar-refractivity contribution < 1.29 is 27.8 Å². The lowest BCUT2D eigenvalue weighted by Crippen LogP contribution is -2.39. The van der Waals surface area contributed by atoms with Crippen LogP contribution < -0.4 is 10.2 Å². The molecule has 1 saturated carbocycles. The zero-order chi connectivity index (χ0) is 22.6. The molecule has 2 fully saturated rings. The minimum Gasteiger partial charge on any atom is -0.393 e. The van der Waals surface area contributed by atoms with Gasteiger partial charge in [0.1, 0.15) is 18.1 Å². The van der Waals surface area contributed by atoms with Crippen LogP contribution in [0.1, 0.15) is 18.4 Å². The number of aliphatic hydroxyl groups excluding tert-OH is 2. The fraction of sp³-hybridized carbons (Fsp3) is 0.450. The number of benzene rings is 1. The van der Waals surface area contributed by atoms with Gasteiger partial charge in [0.2, 0.25) is 5.95 Å². The maximum absolute atomic E-state index is 14.0. The van der Waals surface area contributed by atoms with Crippen LogP contribution >= 0.6 is 0 Å². The number of β-amino-alcohol motifs (C(OH)–C–C–N with tert-alkyl or cyclic N) is 1. The smallest absolute Gasteiger partial charge is 0.393 e. The maximum atomic E-state index is 14.0. The molecule has 3 heterocycles. The Morgan fingerprint density at radius 3 is 2.53 bits per heavy atom. The largest absolute Gasteiger partial charge is 0.416 e. The van der Waals surface area contributed by atoms with Gasteiger partial charge in [-0.3, -0.25) is 0 Å². The van der Waals surface area contributed by atoms with Crippen LogP contribution in [0.4, 0.5) is 29.3 Å². The van der Waals surface area contributed by atoms with Crippen LogP contribution in [0.2, 0.25) is 0 Å². The van der Waals surface area contributed by atoms with Gasteiger partial charge in [0.05, 0.1) is 35.5 Å². The molecule has 3 N–H and O–H groups in total. The second kappa shape index (κ2) is 7.55. The zero-order valence-electron chi connectivity index (χ0n) is 16.7. The first-order valence-corrected chi connectivity index (χ1v) is 10.1. The van der Waals surface area contributed by atoms with Crippen LogP contribution in [0.25, 0.3) is 16.7 Å². The van der Waals surface area contributed by atoms with Crippen LogP contribution in [0, 0.1) is 0 Å². The Hall–Kier alpha value is -2.99. The fourth-order valence-corrected chi connectivity index (χ4v) is 4.01. The van der Waals surface area contributed by atoms with Crippen LogP contribution in [0.15, 0.2) is 30.5 Å². The minimum absolute atomic E-state index is 0.0175. The summed E-state index contributed by atoms with van der Waals surface area (Å²) in [6.45, 7) is -0.0623. The third kappa shape index (κ3) is 3.73. The topological polar surface area (TPSA) is 99.3 Å². The molecule has 2 aliphatic rings. The average molecular weight is 452 g/mol. The average Bonchev–Trinajstić information content (AvgIpc) is 3.29. The van der Waals surface area contributed by atoms with Gasteiger partial charge < -0.3 is 20.4 Å². The van der Waals surface area contributed by atoms with Gasteiger partial charge in [0, 0.05) is 12.6 Å². The number of anilines is 2. The number of aliphatic hydroxyl groups is 2. The van der Waals surface area contributed by atoms with E-state index >= 15 is 0 Å². The highest BCUT2D eigenvalue weighted by Gasteiger charge is 2.35. The molecule has 1 aliphatic heterocycles. The van der Waals surface area contributed by atoms with Gasteiger partial charge in [-0.25, -0.2) is 9.07 Å². The van der Waals surface area contributed by atoms with E-state index in [0.717, 1.165) is 12.1 Å². The van der Waals surface area contributed by atoms with E-state index in [1.54, 1.807) is 4.90 Å². The summed E-state index contributed by atoms with van der Waals surface area (Å²) in [4.78, 5) is 10.5. The number of alkyl halides is 4. The van der Waals surface area contributed by atoms with Gasteiger partial charge in [-0.15, -0.1) is 0 Å². The first kappa shape index (κ1) is 20.9. The van der Waals surface area contributed by atoms with Crippen LogP contribution in [-0.2, 0) is 6.18 Å². The molecule has 1 aliphatic carbocycles. The number of nitrogens with zero attached hydrogens (tertiary/aromatic N) is 5. The molecule has 1 aromatic carbocycles. The lowest BCUT2D eigenvalue weighted by molar-refractivity contribution is -0.137. The van der Waals surface area contributed by atoms with E-state index in [1.807, 2.05) is 0 Å². The van der Waals surface area contributed by atoms with Crippen molar-refractivity contribution in [3.63, 3.8) is 0 Å². The Labute approximate surface area is 179 Å². The number of nitrogens with one attached hydrogen (secondary N) is 1. The summed E-state index contributed by atoms with van der Waals surface area (Å²) >= 11 is 0. The van der Waals surface area contributed by atoms with Crippen LogP contribution in [0.3, 0.4) is 0 Å². The van der Waals surface area contributed by atoms with Crippen molar-refractivity contribution in [2.75, 3.05) is 23.3 Å². The van der Waals surface area contributed by atoms with Crippen LogP contribution in [0.5, 0.6) is 0 Å². The molecule has 170 valence electrons. The highest BCUT2D eigenvalue weighted by molar-refractivity contribution is 5.89. The van der Waals surface area contributed by atoms with Crippen LogP contribution in [-0.4, -0.2) is 67.5 Å². The van der Waals surface area contributed by atoms with Crippen molar-refractivity contribution in [1.29, 1.82) is 0 Å². The third-order valence-electron chi connectivity index (χ3n) is 5.79. The van der Waals surface area contributed by atoms with Crippen molar-refractivity contribution in [3.8, 4) is 5.69 Å². The molecule has 0 bridgehead atoms. The summed E-state index contributed by atoms with van der Waals surface area (Å²) in [7, 11) is 0. The number of hydrogen-bond donors (Lipinski definition) is 3. The minimum atomic E-state index is -4.52. The molecule has 0 unspecified atom stereocenters. The molecule has 0 spiro atoms. The lowest BCUT2D eigenvalue weighted by atomic mass is 9.90. The monoisotopic (exact) mass is 452 g/mol. The van der Waals surface area contributed by atoms with E-state index in [1.165, 1.54) is 23.0 Å². The van der Waals surface area contributed by atoms with Crippen molar-refractivity contribution in [3.05, 3.63) is 36.0 Å². The Morgan fingerprint density at radius 1 is 1.09 bits per heavy atom. The second-order valence-corrected chi connectivity index (χ2v) is 8.17. The van der Waals surface area contributed by atoms with Crippen molar-refractivity contribution >= 4 is 22.8 Å². The standard InChI is InChI=1S/C20H20F4N6O2/c21-15-8-29(9-16(15)32)17-14-7-25-30(12-3-1-2-10(4-12)20(22,23)24)18(14)28-19(27-17)26-11-5-13(31)6-11/h1-4,7,11,13,15-16,31-32H,5-6,8-9H2,(H,26,27,28)/t11-,13+,15-,16-/m1/s1. The highest BCUT2D eigenvalue weighted by atomic mass is 19.4. The molecule has 0 radical (unpaired) electrons. The summed E-state index contributed by atoms with van der Waals surface area (Å²) in [5, 5.41) is 27.1. The quantitative estimate of drug-likeness (QED) is 0.523. The maximum Gasteiger partial charge on any atom is 0.416 e. The number of halogens is 4. The summed E-state index contributed by atoms with van der Waals surface area (Å²) in [5.74, 6) is 0.518. The predicted molar refractivity (Wildman–Crippen MR) is 107 cm³/mol. The predicted octanol–water partition coefficient (Wildman–Crippen LogP) is 2.29. The van der Waals surface area contributed by atoms with Gasteiger partial charge in [-0.2, -0.15) is 28.2 Å². The van der Waals surface area contributed by atoms with Gasteiger partial charge in [-0.05, 0) is 31.0 Å². The molecule has 12 heteroatoms.